The van der Waals surface area contributed by atoms with Crippen LogP contribution >= 0.6 is 0 Å². The smallest absolute Gasteiger partial charge is 0.0351 e. The maximum absolute atomic E-state index is 3.84. The van der Waals surface area contributed by atoms with E-state index in [-0.39, 0.29) is 0 Å². The Morgan fingerprint density at radius 1 is 1.27 bits per heavy atom. The van der Waals surface area contributed by atoms with Crippen molar-refractivity contribution >= 4 is 0 Å². The lowest BCUT2D eigenvalue weighted by molar-refractivity contribution is 0.166. The topological polar surface area (TPSA) is 3.24 Å². The number of likely N-dealkylation sites (tertiary alicyclic amines) is 1. The maximum Gasteiger partial charge on any atom is 0.0351 e. The van der Waals surface area contributed by atoms with Gasteiger partial charge >= 0.3 is 0 Å². The monoisotopic (exact) mass is 201 g/mol. The molecule has 1 aliphatic heterocycles. The third-order valence-corrected chi connectivity index (χ3v) is 3.16. The van der Waals surface area contributed by atoms with E-state index in [1.165, 1.54) is 31.4 Å². The van der Waals surface area contributed by atoms with E-state index in [0.29, 0.717) is 6.04 Å². The highest BCUT2D eigenvalue weighted by atomic mass is 15.2. The molecular weight excluding hydrogens is 182 g/mol. The molecule has 15 heavy (non-hydrogen) atoms. The third kappa shape index (κ3) is 2.48. The van der Waals surface area contributed by atoms with Gasteiger partial charge in [0.15, 0.2) is 0 Å². The second kappa shape index (κ2) is 5.13. The molecule has 1 aliphatic rings. The molecule has 0 radical (unpaired) electrons. The van der Waals surface area contributed by atoms with E-state index in [1.807, 2.05) is 6.08 Å². The lowest BCUT2D eigenvalue weighted by atomic mass is 9.95. The Hall–Kier alpha value is -1.08. The quantitative estimate of drug-likeness (QED) is 0.677. The molecule has 0 aromatic heterocycles. The Morgan fingerprint density at radius 2 is 2.07 bits per heavy atom. The van der Waals surface area contributed by atoms with Gasteiger partial charge in [0, 0.05) is 12.6 Å². The molecular formula is C14H19N. The molecule has 1 fully saturated rings. The molecule has 1 atom stereocenters. The summed E-state index contributed by atoms with van der Waals surface area (Å²) in [6, 6.07) is 11.5. The summed E-state index contributed by atoms with van der Waals surface area (Å²) in [5, 5.41) is 0. The number of benzene rings is 1. The molecule has 1 saturated heterocycles. The highest BCUT2D eigenvalue weighted by molar-refractivity contribution is 5.19. The number of nitrogens with zero attached hydrogens (tertiary/aromatic N) is 1. The van der Waals surface area contributed by atoms with Crippen LogP contribution in [0.1, 0.15) is 30.9 Å². The fourth-order valence-electron chi connectivity index (χ4n) is 2.43. The minimum absolute atomic E-state index is 0.609. The van der Waals surface area contributed by atoms with Crippen molar-refractivity contribution in [3.8, 4) is 0 Å². The van der Waals surface area contributed by atoms with Crippen LogP contribution in [0.5, 0.6) is 0 Å². The van der Waals surface area contributed by atoms with Crippen molar-refractivity contribution in [2.45, 2.75) is 25.3 Å². The lowest BCUT2D eigenvalue weighted by Crippen LogP contribution is -2.33. The average Bonchev–Trinajstić information content (AvgIpc) is 2.31. The molecule has 0 N–H and O–H groups in total. The summed E-state index contributed by atoms with van der Waals surface area (Å²) in [7, 11) is 0. The third-order valence-electron chi connectivity index (χ3n) is 3.16. The van der Waals surface area contributed by atoms with Crippen LogP contribution in [-0.4, -0.2) is 18.0 Å². The Labute approximate surface area is 92.4 Å². The Kier molecular flexibility index (Phi) is 3.57. The summed E-state index contributed by atoms with van der Waals surface area (Å²) in [6.45, 7) is 6.07. The maximum atomic E-state index is 3.84. The molecule has 0 aliphatic carbocycles. The molecule has 1 aromatic carbocycles. The van der Waals surface area contributed by atoms with Crippen molar-refractivity contribution in [2.24, 2.45) is 0 Å². The van der Waals surface area contributed by atoms with Gasteiger partial charge in [-0.2, -0.15) is 0 Å². The normalized spacial score (nSPS) is 22.5. The lowest BCUT2D eigenvalue weighted by Gasteiger charge is -2.35. The fourth-order valence-corrected chi connectivity index (χ4v) is 2.43. The predicted octanol–water partition coefficient (Wildman–Crippen LogP) is 3.40. The summed E-state index contributed by atoms with van der Waals surface area (Å²) < 4.78 is 0. The van der Waals surface area contributed by atoms with E-state index in [1.54, 1.807) is 0 Å². The highest BCUT2D eigenvalue weighted by Gasteiger charge is 2.22. The van der Waals surface area contributed by atoms with E-state index in [0.717, 1.165) is 6.54 Å². The van der Waals surface area contributed by atoms with Gasteiger partial charge in [-0.15, -0.1) is 6.58 Å². The van der Waals surface area contributed by atoms with Crippen molar-refractivity contribution < 1.29 is 0 Å². The van der Waals surface area contributed by atoms with Crippen molar-refractivity contribution in [1.82, 2.24) is 4.90 Å². The van der Waals surface area contributed by atoms with Gasteiger partial charge in [0.25, 0.3) is 0 Å². The number of piperidine rings is 1. The van der Waals surface area contributed by atoms with Crippen LogP contribution in [0.4, 0.5) is 0 Å². The van der Waals surface area contributed by atoms with Crippen LogP contribution in [0.3, 0.4) is 0 Å². The number of hydrogen-bond acceptors (Lipinski definition) is 1. The summed E-state index contributed by atoms with van der Waals surface area (Å²) in [6.07, 6.45) is 5.99. The molecule has 0 bridgehead atoms. The molecule has 1 heteroatoms. The first-order valence-electron chi connectivity index (χ1n) is 5.81. The standard InChI is InChI=1S/C14H19N/c1-2-11-15-12-7-6-10-14(15)13-8-4-3-5-9-13/h2-5,8-9,14H,1,6-7,10-12H2. The molecule has 1 nitrogen and oxygen atoms in total. The molecule has 1 heterocycles. The van der Waals surface area contributed by atoms with Gasteiger partial charge in [-0.05, 0) is 24.9 Å². The van der Waals surface area contributed by atoms with Gasteiger partial charge in [0.1, 0.15) is 0 Å². The van der Waals surface area contributed by atoms with Gasteiger partial charge in [-0.1, -0.05) is 42.8 Å². The largest absolute Gasteiger partial charge is 0.293 e. The van der Waals surface area contributed by atoms with Crippen LogP contribution < -0.4 is 0 Å². The molecule has 1 unspecified atom stereocenters. The summed E-state index contributed by atoms with van der Waals surface area (Å²) in [5.74, 6) is 0. The van der Waals surface area contributed by atoms with E-state index < -0.39 is 0 Å². The van der Waals surface area contributed by atoms with Crippen molar-refractivity contribution in [3.05, 3.63) is 48.6 Å². The second-order valence-corrected chi connectivity index (χ2v) is 4.21. The number of rotatable bonds is 3. The predicted molar refractivity (Wildman–Crippen MR) is 64.8 cm³/mol. The van der Waals surface area contributed by atoms with Crippen molar-refractivity contribution in [3.63, 3.8) is 0 Å². The van der Waals surface area contributed by atoms with Crippen molar-refractivity contribution in [2.75, 3.05) is 13.1 Å². The summed E-state index contributed by atoms with van der Waals surface area (Å²) in [4.78, 5) is 2.53. The molecule has 1 aromatic rings. The van der Waals surface area contributed by atoms with Gasteiger partial charge in [0.05, 0.1) is 0 Å². The van der Waals surface area contributed by atoms with Crippen molar-refractivity contribution in [1.29, 1.82) is 0 Å². The summed E-state index contributed by atoms with van der Waals surface area (Å²) in [5.41, 5.74) is 1.46. The zero-order valence-corrected chi connectivity index (χ0v) is 9.23. The zero-order chi connectivity index (χ0) is 10.5. The van der Waals surface area contributed by atoms with E-state index in [2.05, 4.69) is 41.8 Å². The molecule has 2 rings (SSSR count). The van der Waals surface area contributed by atoms with Crippen LogP contribution in [-0.2, 0) is 0 Å². The number of hydrogen-bond donors (Lipinski definition) is 0. The average molecular weight is 201 g/mol. The molecule has 80 valence electrons. The molecule has 0 saturated carbocycles. The minimum Gasteiger partial charge on any atom is -0.293 e. The van der Waals surface area contributed by atoms with Gasteiger partial charge in [-0.3, -0.25) is 4.90 Å². The fraction of sp³-hybridized carbons (Fsp3) is 0.429. The second-order valence-electron chi connectivity index (χ2n) is 4.21. The van der Waals surface area contributed by atoms with Crippen LogP contribution in [0.25, 0.3) is 0 Å². The minimum atomic E-state index is 0.609. The first kappa shape index (κ1) is 10.4. The SMILES string of the molecule is C=CCN1CCCCC1c1ccccc1. The first-order valence-corrected chi connectivity index (χ1v) is 5.81. The highest BCUT2D eigenvalue weighted by Crippen LogP contribution is 2.30. The van der Waals surface area contributed by atoms with E-state index in [9.17, 15) is 0 Å². The molecule has 0 spiro atoms. The van der Waals surface area contributed by atoms with Gasteiger partial charge in [-0.25, -0.2) is 0 Å². The Morgan fingerprint density at radius 3 is 2.80 bits per heavy atom. The Balaban J connectivity index is 2.14. The Bertz CT molecular complexity index is 304. The van der Waals surface area contributed by atoms with Gasteiger partial charge in [0.2, 0.25) is 0 Å². The van der Waals surface area contributed by atoms with Crippen LogP contribution in [0.15, 0.2) is 43.0 Å². The van der Waals surface area contributed by atoms with Crippen LogP contribution in [0.2, 0.25) is 0 Å². The van der Waals surface area contributed by atoms with Crippen LogP contribution in [0, 0.1) is 0 Å². The molecule has 0 amide bonds. The van der Waals surface area contributed by atoms with Gasteiger partial charge < -0.3 is 0 Å². The first-order chi connectivity index (χ1) is 7.42. The summed E-state index contributed by atoms with van der Waals surface area (Å²) >= 11 is 0. The van der Waals surface area contributed by atoms with E-state index >= 15 is 0 Å². The van der Waals surface area contributed by atoms with E-state index in [4.69, 9.17) is 0 Å². The zero-order valence-electron chi connectivity index (χ0n) is 9.23.